The van der Waals surface area contributed by atoms with Gasteiger partial charge in [-0.15, -0.1) is 0 Å². The molecule has 0 spiro atoms. The van der Waals surface area contributed by atoms with Gasteiger partial charge in [0.2, 0.25) is 0 Å². The van der Waals surface area contributed by atoms with Crippen molar-refractivity contribution < 1.29 is 8.83 Å². The van der Waals surface area contributed by atoms with E-state index in [1.54, 1.807) is 0 Å². The Morgan fingerprint density at radius 2 is 0.484 bits per heavy atom. The summed E-state index contributed by atoms with van der Waals surface area (Å²) in [7, 11) is 0. The smallest absolute Gasteiger partial charge is 0.143 e. The second-order valence-electron chi connectivity index (χ2n) is 31.8. The van der Waals surface area contributed by atoms with Crippen LogP contribution in [-0.4, -0.2) is 4.93 Å². The van der Waals surface area contributed by atoms with Crippen molar-refractivity contribution in [3.63, 3.8) is 0 Å². The molecule has 0 saturated carbocycles. The second kappa shape index (κ2) is 36.2. The maximum Gasteiger partial charge on any atom is 0.143 e. The largest absolute Gasteiger partial charge is 0.455 e. The summed E-state index contributed by atoms with van der Waals surface area (Å²) in [5.74, 6) is 1.76. The van der Waals surface area contributed by atoms with E-state index < -0.39 is 0 Å². The van der Waals surface area contributed by atoms with Crippen LogP contribution in [0.25, 0.3) is 198 Å². The lowest BCUT2D eigenvalue weighted by Crippen LogP contribution is -2.10. The van der Waals surface area contributed by atoms with Crippen molar-refractivity contribution in [2.75, 3.05) is 15.1 Å². The Kier molecular flexibility index (Phi) is 22.9. The summed E-state index contributed by atoms with van der Waals surface area (Å²) < 4.78 is 14.9. The quantitative estimate of drug-likeness (QED) is 0.0710. The summed E-state index contributed by atoms with van der Waals surface area (Å²) in [4.78, 5) is 4.33. The number of alkyl halides is 1. The van der Waals surface area contributed by atoms with Crippen LogP contribution in [0.5, 0.6) is 0 Å². The predicted octanol–water partition coefficient (Wildman–Crippen LogP) is 36.8. The Bertz CT molecular complexity index is 7920. The minimum absolute atomic E-state index is 0. The van der Waals surface area contributed by atoms with Gasteiger partial charge in [-0.2, -0.15) is 0 Å². The predicted molar refractivity (Wildman–Crippen MR) is 561 cm³/mol. The molecule has 610 valence electrons. The van der Waals surface area contributed by atoms with Crippen LogP contribution in [0, 0.1) is 0 Å². The van der Waals surface area contributed by atoms with Crippen molar-refractivity contribution >= 4 is 175 Å². The Labute approximate surface area is 767 Å². The highest BCUT2D eigenvalue weighted by atomic mass is 127. The molecule has 2 heterocycles. The average Bonchev–Trinajstić information content (AvgIpc) is 1.55. The summed E-state index contributed by atoms with van der Waals surface area (Å²) in [5, 5.41) is 25.4. The van der Waals surface area contributed by atoms with Gasteiger partial charge in [-0.3, -0.25) is 0 Å². The SMILES string of the molecule is Brc1cccc(-c2oc3c4ccccc4c4ccccc4c3c2-c2ccccc2)c1.C.CI.c1ccc(-c2c(-c3cccc(N(c4ccc(-c5cccc6ccccc56)cc4)c4ccc(-c5cccc6ccccc56)cc4)c3)oc3c4ccccc4c4ccccc4c23)cc1.c1ccc2c(-c3ccc(Nc4ccc(-c5cccc6ccccc56)cc4)cc3)cccc2c1. The van der Waals surface area contributed by atoms with Crippen LogP contribution in [0.1, 0.15) is 7.43 Å². The molecular formula is C122H86BrIN2O2. The van der Waals surface area contributed by atoms with Gasteiger partial charge in [0.1, 0.15) is 22.7 Å². The van der Waals surface area contributed by atoms with Crippen molar-refractivity contribution in [2.24, 2.45) is 0 Å². The highest BCUT2D eigenvalue weighted by molar-refractivity contribution is 14.1. The number of nitrogens with one attached hydrogen (secondary N) is 1. The highest BCUT2D eigenvalue weighted by Crippen LogP contribution is 2.51. The summed E-state index contributed by atoms with van der Waals surface area (Å²) >= 11 is 5.77. The first-order valence-corrected chi connectivity index (χ1v) is 45.8. The number of rotatable bonds is 13. The third-order valence-electron chi connectivity index (χ3n) is 24.4. The van der Waals surface area contributed by atoms with Crippen LogP contribution in [0.3, 0.4) is 0 Å². The summed E-state index contributed by atoms with van der Waals surface area (Å²) in [6.45, 7) is 0. The van der Waals surface area contributed by atoms with E-state index in [1.165, 1.54) is 125 Å². The topological polar surface area (TPSA) is 41.6 Å². The molecule has 0 amide bonds. The number of fused-ring (bicyclic) bond motifs is 16. The molecule has 0 bridgehead atoms. The molecule has 24 aromatic rings. The standard InChI is InChI=1S/C60H39NO.C32H23N.C28H17BrO.CH3I.CH4/c1-2-17-44(18-3-1)57-58-55-27-10-8-25-53(55)54-26-9-11-28-56(54)60(58)62-59(57)45-21-12-22-48(39-45)61(46-35-31-42(32-36-46)51-29-13-19-40-15-4-6-23-49(40)51)47-37-33-43(34-38-47)52-30-14-20-41-16-5-7-24-50(41)52;1-3-11-29-23(7-1)9-5-13-31(29)25-15-19-27(20-16-25)33-28-21-17-26(18-22-28)32-14-6-10-24-8-2-4-12-30(24)32;29-20-12-8-11-19(17-20)27-25(18-9-2-1-3-10-18)26-23-15-6-4-13-21(23)22-14-5-7-16-24(22)28(26)30-27;1-2;/h1-39H;1-22,33H;1-17H;1H3;1H4. The van der Waals surface area contributed by atoms with Gasteiger partial charge in [0, 0.05) is 76.7 Å². The molecule has 0 fully saturated rings. The first kappa shape index (κ1) is 81.2. The van der Waals surface area contributed by atoms with Gasteiger partial charge < -0.3 is 19.1 Å². The average molecular weight is 1820 g/mol. The molecular weight excluding hydrogens is 1730 g/mol. The Hall–Kier alpha value is -15.2. The van der Waals surface area contributed by atoms with E-state index >= 15 is 0 Å². The van der Waals surface area contributed by atoms with E-state index in [-0.39, 0.29) is 7.43 Å². The molecule has 1 N–H and O–H groups in total. The van der Waals surface area contributed by atoms with Crippen LogP contribution in [0.2, 0.25) is 0 Å². The van der Waals surface area contributed by atoms with Crippen LogP contribution >= 0.6 is 38.5 Å². The first-order chi connectivity index (χ1) is 62.9. The summed E-state index contributed by atoms with van der Waals surface area (Å²) in [5.41, 5.74) is 23.6. The van der Waals surface area contributed by atoms with Gasteiger partial charge in [-0.1, -0.05) is 446 Å². The van der Waals surface area contributed by atoms with Crippen LogP contribution < -0.4 is 10.2 Å². The summed E-state index contributed by atoms with van der Waals surface area (Å²) in [6.07, 6.45) is 0. The van der Waals surface area contributed by atoms with Crippen LogP contribution in [0.4, 0.5) is 28.4 Å². The van der Waals surface area contributed by atoms with Gasteiger partial charge in [0.05, 0.1) is 0 Å². The lowest BCUT2D eigenvalue weighted by Gasteiger charge is -2.26. The van der Waals surface area contributed by atoms with E-state index in [9.17, 15) is 0 Å². The minimum atomic E-state index is 0. The second-order valence-corrected chi connectivity index (χ2v) is 32.7. The minimum Gasteiger partial charge on any atom is -0.455 e. The Balaban J connectivity index is 0.000000131. The molecule has 4 nitrogen and oxygen atoms in total. The maximum atomic E-state index is 7.19. The lowest BCUT2D eigenvalue weighted by molar-refractivity contribution is 0.635. The van der Waals surface area contributed by atoms with Gasteiger partial charge in [-0.05, 0) is 209 Å². The van der Waals surface area contributed by atoms with Crippen molar-refractivity contribution in [3.8, 4) is 89.4 Å². The molecule has 0 aliphatic heterocycles. The van der Waals surface area contributed by atoms with Gasteiger partial charge >= 0.3 is 0 Å². The zero-order valence-electron chi connectivity index (χ0n) is 69.6. The third kappa shape index (κ3) is 15.6. The molecule has 0 aliphatic rings. The molecule has 0 aliphatic carbocycles. The zero-order valence-corrected chi connectivity index (χ0v) is 73.3. The highest BCUT2D eigenvalue weighted by Gasteiger charge is 2.27. The molecule has 6 heteroatoms. The Morgan fingerprint density at radius 1 is 0.219 bits per heavy atom. The zero-order chi connectivity index (χ0) is 85.1. The van der Waals surface area contributed by atoms with Gasteiger partial charge in [-0.25, -0.2) is 0 Å². The summed E-state index contributed by atoms with van der Waals surface area (Å²) in [6, 6.07) is 169. The molecule has 2 aromatic heterocycles. The van der Waals surface area contributed by atoms with Gasteiger partial charge in [0.25, 0.3) is 0 Å². The number of halogens is 2. The molecule has 0 unspecified atom stereocenters. The number of furan rings is 2. The number of nitrogens with zero attached hydrogens (tertiary/aromatic N) is 1. The monoisotopic (exact) mass is 1820 g/mol. The maximum absolute atomic E-state index is 7.19. The van der Waals surface area contributed by atoms with Crippen LogP contribution in [-0.2, 0) is 0 Å². The normalized spacial score (nSPS) is 11.2. The molecule has 22 aromatic carbocycles. The van der Waals surface area contributed by atoms with E-state index in [2.05, 4.69) is 516 Å². The lowest BCUT2D eigenvalue weighted by atomic mass is 9.92. The fourth-order valence-electron chi connectivity index (χ4n) is 18.6. The first-order valence-electron chi connectivity index (χ1n) is 42.9. The van der Waals surface area contributed by atoms with E-state index in [0.29, 0.717) is 0 Å². The van der Waals surface area contributed by atoms with E-state index in [0.717, 1.165) is 105 Å². The van der Waals surface area contributed by atoms with E-state index in [1.807, 2.05) is 11.0 Å². The van der Waals surface area contributed by atoms with Crippen molar-refractivity contribution in [1.82, 2.24) is 0 Å². The van der Waals surface area contributed by atoms with Crippen LogP contribution in [0.15, 0.2) is 486 Å². The number of benzene rings is 22. The van der Waals surface area contributed by atoms with Crippen molar-refractivity contribution in [3.05, 3.63) is 478 Å². The number of hydrogen-bond acceptors (Lipinski definition) is 4. The van der Waals surface area contributed by atoms with Gasteiger partial charge in [0.15, 0.2) is 0 Å². The number of hydrogen-bond donors (Lipinski definition) is 1. The molecule has 0 saturated heterocycles. The van der Waals surface area contributed by atoms with Crippen molar-refractivity contribution in [1.29, 1.82) is 0 Å². The third-order valence-corrected chi connectivity index (χ3v) is 24.9. The Morgan fingerprint density at radius 3 is 0.836 bits per heavy atom. The molecule has 0 radical (unpaired) electrons. The van der Waals surface area contributed by atoms with Crippen molar-refractivity contribution in [2.45, 2.75) is 7.43 Å². The fourth-order valence-corrected chi connectivity index (χ4v) is 19.0. The van der Waals surface area contributed by atoms with E-state index in [4.69, 9.17) is 8.83 Å². The fraction of sp³-hybridized carbons (Fsp3) is 0.0164. The number of anilines is 5. The molecule has 0 atom stereocenters. The molecule has 24 rings (SSSR count). The molecule has 128 heavy (non-hydrogen) atoms.